The molecule has 156 valence electrons. The first-order valence-electron chi connectivity index (χ1n) is 9.82. The number of hydrogen-bond acceptors (Lipinski definition) is 3. The van der Waals surface area contributed by atoms with E-state index in [1.807, 2.05) is 44.2 Å². The molecule has 30 heavy (non-hydrogen) atoms. The highest BCUT2D eigenvalue weighted by Crippen LogP contribution is 2.19. The molecule has 3 rings (SSSR count). The monoisotopic (exact) mass is 405 g/mol. The molecular formula is C24H27N3O3. The molecule has 2 amide bonds. The summed E-state index contributed by atoms with van der Waals surface area (Å²) in [6.45, 7) is 5.22. The molecule has 0 aliphatic rings. The molecule has 0 aliphatic carbocycles. The summed E-state index contributed by atoms with van der Waals surface area (Å²) in [5, 5.41) is 2.59. The number of aryl methyl sites for hydroxylation is 1. The Kier molecular flexibility index (Phi) is 6.57. The fraction of sp³-hybridized carbons (Fsp3) is 0.250. The molecular weight excluding hydrogens is 378 g/mol. The number of nitrogens with one attached hydrogen (secondary N) is 1. The number of rotatable bonds is 7. The predicted molar refractivity (Wildman–Crippen MR) is 117 cm³/mol. The third-order valence-corrected chi connectivity index (χ3v) is 5.15. The molecule has 0 saturated heterocycles. The highest BCUT2D eigenvalue weighted by atomic mass is 16.3. The average Bonchev–Trinajstić information content (AvgIpc) is 3.35. The van der Waals surface area contributed by atoms with Gasteiger partial charge in [-0.25, -0.2) is 0 Å². The molecule has 2 aromatic heterocycles. The van der Waals surface area contributed by atoms with Crippen LogP contribution in [0.25, 0.3) is 6.08 Å². The van der Waals surface area contributed by atoms with Crippen molar-refractivity contribution < 1.29 is 14.0 Å². The minimum absolute atomic E-state index is 0.0822. The number of hydrogen-bond donors (Lipinski definition) is 1. The number of furan rings is 1. The molecule has 0 radical (unpaired) electrons. The summed E-state index contributed by atoms with van der Waals surface area (Å²) in [5.74, 6) is 0.686. The minimum atomic E-state index is -0.126. The largest absolute Gasteiger partial charge is 0.467 e. The molecule has 0 fully saturated rings. The van der Waals surface area contributed by atoms with Crippen molar-refractivity contribution >= 4 is 17.9 Å². The molecule has 1 aromatic carbocycles. The van der Waals surface area contributed by atoms with Gasteiger partial charge in [0.15, 0.2) is 0 Å². The fourth-order valence-corrected chi connectivity index (χ4v) is 3.34. The van der Waals surface area contributed by atoms with Crippen LogP contribution in [-0.2, 0) is 17.9 Å². The Morgan fingerprint density at radius 2 is 1.90 bits per heavy atom. The first-order chi connectivity index (χ1) is 14.4. The maximum Gasteiger partial charge on any atom is 0.251 e. The zero-order chi connectivity index (χ0) is 21.7. The number of benzene rings is 1. The van der Waals surface area contributed by atoms with Crippen LogP contribution in [0.4, 0.5) is 0 Å². The Morgan fingerprint density at radius 3 is 2.53 bits per heavy atom. The van der Waals surface area contributed by atoms with Gasteiger partial charge in [-0.05, 0) is 61.4 Å². The Hall–Kier alpha value is -3.54. The smallest absolute Gasteiger partial charge is 0.251 e. The van der Waals surface area contributed by atoms with Crippen LogP contribution in [0.15, 0.2) is 59.2 Å². The van der Waals surface area contributed by atoms with E-state index < -0.39 is 0 Å². The van der Waals surface area contributed by atoms with E-state index >= 15 is 0 Å². The molecule has 6 nitrogen and oxygen atoms in total. The average molecular weight is 405 g/mol. The lowest BCUT2D eigenvalue weighted by Gasteiger charge is -2.15. The van der Waals surface area contributed by atoms with Gasteiger partial charge in [0, 0.05) is 43.7 Å². The maximum atomic E-state index is 12.6. The van der Waals surface area contributed by atoms with Crippen LogP contribution in [0.5, 0.6) is 0 Å². The Morgan fingerprint density at radius 1 is 1.17 bits per heavy atom. The van der Waals surface area contributed by atoms with Gasteiger partial charge in [-0.1, -0.05) is 12.1 Å². The minimum Gasteiger partial charge on any atom is -0.467 e. The van der Waals surface area contributed by atoms with Gasteiger partial charge in [-0.3, -0.25) is 9.59 Å². The fourth-order valence-electron chi connectivity index (χ4n) is 3.34. The topological polar surface area (TPSA) is 67.5 Å². The molecule has 6 heteroatoms. The number of likely N-dealkylation sites (N-methyl/N-ethyl adjacent to an activating group) is 1. The van der Waals surface area contributed by atoms with Gasteiger partial charge in [0.2, 0.25) is 5.91 Å². The molecule has 1 N–H and O–H groups in total. The molecule has 0 spiro atoms. The van der Waals surface area contributed by atoms with Gasteiger partial charge in [0.1, 0.15) is 5.76 Å². The number of carbonyl (C=O) groups excluding carboxylic acids is 2. The van der Waals surface area contributed by atoms with E-state index in [2.05, 4.69) is 16.0 Å². The molecule has 0 aliphatic heterocycles. The van der Waals surface area contributed by atoms with E-state index in [9.17, 15) is 9.59 Å². The zero-order valence-electron chi connectivity index (χ0n) is 17.8. The van der Waals surface area contributed by atoms with Crippen molar-refractivity contribution in [3.8, 4) is 0 Å². The Labute approximate surface area is 176 Å². The summed E-state index contributed by atoms with van der Waals surface area (Å²) in [7, 11) is 3.36. The van der Waals surface area contributed by atoms with Gasteiger partial charge in [0.25, 0.3) is 5.91 Å². The lowest BCUT2D eigenvalue weighted by atomic mass is 10.1. The molecule has 0 bridgehead atoms. The van der Waals surface area contributed by atoms with E-state index in [-0.39, 0.29) is 11.8 Å². The number of amides is 2. The predicted octanol–water partition coefficient (Wildman–Crippen LogP) is 3.78. The SMILES string of the molecule is CNC(=O)c1ccc(CN(C)C(=O)/C=C/c2cc(C)n(Cc3ccco3)c2C)cc1. The summed E-state index contributed by atoms with van der Waals surface area (Å²) < 4.78 is 7.62. The first-order valence-corrected chi connectivity index (χ1v) is 9.82. The van der Waals surface area contributed by atoms with Crippen molar-refractivity contribution in [1.29, 1.82) is 0 Å². The van der Waals surface area contributed by atoms with Gasteiger partial charge in [-0.2, -0.15) is 0 Å². The van der Waals surface area contributed by atoms with Crippen LogP contribution in [0.3, 0.4) is 0 Å². The van der Waals surface area contributed by atoms with Crippen LogP contribution >= 0.6 is 0 Å². The third kappa shape index (κ3) is 4.89. The number of aromatic nitrogens is 1. The van der Waals surface area contributed by atoms with Crippen LogP contribution < -0.4 is 5.32 Å². The summed E-state index contributed by atoms with van der Waals surface area (Å²) >= 11 is 0. The lowest BCUT2D eigenvalue weighted by molar-refractivity contribution is -0.125. The van der Waals surface area contributed by atoms with E-state index in [0.717, 1.165) is 28.3 Å². The maximum absolute atomic E-state index is 12.6. The van der Waals surface area contributed by atoms with Gasteiger partial charge < -0.3 is 19.2 Å². The van der Waals surface area contributed by atoms with Crippen molar-refractivity contribution in [3.63, 3.8) is 0 Å². The summed E-state index contributed by atoms with van der Waals surface area (Å²) in [4.78, 5) is 25.8. The summed E-state index contributed by atoms with van der Waals surface area (Å²) in [6, 6.07) is 13.1. The molecule has 0 saturated carbocycles. The lowest BCUT2D eigenvalue weighted by Crippen LogP contribution is -2.24. The molecule has 2 heterocycles. The van der Waals surface area contributed by atoms with Crippen molar-refractivity contribution in [2.24, 2.45) is 0 Å². The molecule has 3 aromatic rings. The van der Waals surface area contributed by atoms with E-state index in [1.165, 1.54) is 0 Å². The molecule has 0 unspecified atom stereocenters. The van der Waals surface area contributed by atoms with Crippen molar-refractivity contribution in [2.45, 2.75) is 26.9 Å². The second-order valence-electron chi connectivity index (χ2n) is 7.30. The summed E-state index contributed by atoms with van der Waals surface area (Å²) in [6.07, 6.45) is 5.12. The van der Waals surface area contributed by atoms with E-state index in [4.69, 9.17) is 4.42 Å². The second kappa shape index (κ2) is 9.31. The summed E-state index contributed by atoms with van der Waals surface area (Å²) in [5.41, 5.74) is 4.76. The quantitative estimate of drug-likeness (QED) is 0.609. The van der Waals surface area contributed by atoms with Crippen molar-refractivity contribution in [1.82, 2.24) is 14.8 Å². The highest BCUT2D eigenvalue weighted by Gasteiger charge is 2.11. The van der Waals surface area contributed by atoms with E-state index in [0.29, 0.717) is 18.7 Å². The highest BCUT2D eigenvalue weighted by molar-refractivity contribution is 5.94. The van der Waals surface area contributed by atoms with Crippen molar-refractivity contribution in [2.75, 3.05) is 14.1 Å². The van der Waals surface area contributed by atoms with Gasteiger partial charge >= 0.3 is 0 Å². The third-order valence-electron chi connectivity index (χ3n) is 5.15. The Bertz CT molecular complexity index is 1040. The van der Waals surface area contributed by atoms with E-state index in [1.54, 1.807) is 43.5 Å². The van der Waals surface area contributed by atoms with Crippen LogP contribution in [0.1, 0.15) is 38.6 Å². The van der Waals surface area contributed by atoms with Crippen LogP contribution in [0, 0.1) is 13.8 Å². The van der Waals surface area contributed by atoms with Gasteiger partial charge in [-0.15, -0.1) is 0 Å². The van der Waals surface area contributed by atoms with Crippen molar-refractivity contribution in [3.05, 3.63) is 88.6 Å². The first kappa shape index (κ1) is 21.2. The standard InChI is InChI=1S/C24H27N3O3/c1-17-14-21(18(2)27(17)16-22-6-5-13-30-22)11-12-23(28)26(4)15-19-7-9-20(10-8-19)24(29)25-3/h5-14H,15-16H2,1-4H3,(H,25,29)/b12-11+. The zero-order valence-corrected chi connectivity index (χ0v) is 17.8. The van der Waals surface area contributed by atoms with Crippen LogP contribution in [-0.4, -0.2) is 35.4 Å². The second-order valence-corrected chi connectivity index (χ2v) is 7.30. The Balaban J connectivity index is 1.64. The van der Waals surface area contributed by atoms with Gasteiger partial charge in [0.05, 0.1) is 12.8 Å². The van der Waals surface area contributed by atoms with Crippen LogP contribution in [0.2, 0.25) is 0 Å². The number of nitrogens with zero attached hydrogens (tertiary/aromatic N) is 2. The normalized spacial score (nSPS) is 11.1. The number of carbonyl (C=O) groups is 2. The molecule has 0 atom stereocenters.